The summed E-state index contributed by atoms with van der Waals surface area (Å²) in [5.74, 6) is 1.61. The first-order valence-corrected chi connectivity index (χ1v) is 5.83. The molecule has 1 aliphatic rings. The average molecular weight is 226 g/mol. The molecular formula is C11H16ClN3. The molecule has 0 unspecified atom stereocenters. The summed E-state index contributed by atoms with van der Waals surface area (Å²) < 4.78 is 0. The van der Waals surface area contributed by atoms with E-state index in [4.69, 9.17) is 11.6 Å². The van der Waals surface area contributed by atoms with E-state index in [-0.39, 0.29) is 0 Å². The number of aromatic nitrogens is 2. The van der Waals surface area contributed by atoms with Gasteiger partial charge >= 0.3 is 0 Å². The average Bonchev–Trinajstić information content (AvgIpc) is 2.96. The number of hydrogen-bond acceptors (Lipinski definition) is 3. The molecule has 1 aromatic heterocycles. The molecule has 0 bridgehead atoms. The van der Waals surface area contributed by atoms with Gasteiger partial charge in [0.1, 0.15) is 5.15 Å². The molecule has 0 aromatic carbocycles. The van der Waals surface area contributed by atoms with Crippen molar-refractivity contribution in [2.24, 2.45) is 5.92 Å². The Morgan fingerprint density at radius 3 is 2.73 bits per heavy atom. The minimum absolute atomic E-state index is 0.534. The van der Waals surface area contributed by atoms with E-state index in [1.807, 2.05) is 6.92 Å². The maximum absolute atomic E-state index is 5.93. The van der Waals surface area contributed by atoms with Gasteiger partial charge in [0.25, 0.3) is 0 Å². The fourth-order valence-corrected chi connectivity index (χ4v) is 1.85. The lowest BCUT2D eigenvalue weighted by atomic mass is 10.4. The lowest BCUT2D eigenvalue weighted by Gasteiger charge is -2.20. The van der Waals surface area contributed by atoms with Crippen molar-refractivity contribution in [3.05, 3.63) is 16.9 Å². The van der Waals surface area contributed by atoms with E-state index in [9.17, 15) is 0 Å². The summed E-state index contributed by atoms with van der Waals surface area (Å²) in [7, 11) is 0. The lowest BCUT2D eigenvalue weighted by Crippen LogP contribution is -2.27. The van der Waals surface area contributed by atoms with Crippen LogP contribution in [0, 0.1) is 12.8 Å². The van der Waals surface area contributed by atoms with E-state index in [0.29, 0.717) is 5.15 Å². The monoisotopic (exact) mass is 225 g/mol. The van der Waals surface area contributed by atoms with E-state index in [1.54, 1.807) is 6.07 Å². The number of anilines is 1. The highest BCUT2D eigenvalue weighted by Gasteiger charge is 2.24. The number of halogens is 1. The molecule has 1 heterocycles. The molecule has 0 N–H and O–H groups in total. The van der Waals surface area contributed by atoms with Crippen LogP contribution in [0.3, 0.4) is 0 Å². The second-order valence-electron chi connectivity index (χ2n) is 4.11. The highest BCUT2D eigenvalue weighted by molar-refractivity contribution is 6.29. The zero-order chi connectivity index (χ0) is 10.8. The molecule has 1 fully saturated rings. The molecule has 1 saturated carbocycles. The van der Waals surface area contributed by atoms with Crippen molar-refractivity contribution in [1.82, 2.24) is 9.97 Å². The topological polar surface area (TPSA) is 29.0 Å². The van der Waals surface area contributed by atoms with Gasteiger partial charge in [0.2, 0.25) is 5.95 Å². The van der Waals surface area contributed by atoms with Gasteiger partial charge in [-0.3, -0.25) is 0 Å². The normalized spacial score (nSPS) is 15.4. The van der Waals surface area contributed by atoms with Crippen molar-refractivity contribution in [3.8, 4) is 0 Å². The maximum atomic E-state index is 5.93. The highest BCUT2D eigenvalue weighted by Crippen LogP contribution is 2.30. The van der Waals surface area contributed by atoms with Gasteiger partial charge in [-0.05, 0) is 38.7 Å². The summed E-state index contributed by atoms with van der Waals surface area (Å²) in [5, 5.41) is 0.534. The lowest BCUT2D eigenvalue weighted by molar-refractivity contribution is 0.718. The minimum Gasteiger partial charge on any atom is -0.341 e. The Bertz CT molecular complexity index is 329. The molecule has 4 heteroatoms. The zero-order valence-corrected chi connectivity index (χ0v) is 9.96. The van der Waals surface area contributed by atoms with Crippen LogP contribution in [0.15, 0.2) is 6.07 Å². The molecular weight excluding hydrogens is 210 g/mol. The first-order valence-electron chi connectivity index (χ1n) is 5.45. The predicted octanol–water partition coefficient (Wildman–Crippen LogP) is 2.67. The van der Waals surface area contributed by atoms with E-state index in [0.717, 1.165) is 30.6 Å². The van der Waals surface area contributed by atoms with Crippen LogP contribution in [-0.2, 0) is 0 Å². The quantitative estimate of drug-likeness (QED) is 0.738. The number of nitrogens with zero attached hydrogens (tertiary/aromatic N) is 3. The van der Waals surface area contributed by atoms with Crippen molar-refractivity contribution in [2.75, 3.05) is 18.0 Å². The van der Waals surface area contributed by atoms with Gasteiger partial charge in [-0.25, -0.2) is 9.97 Å². The smallest absolute Gasteiger partial charge is 0.226 e. The molecule has 2 rings (SSSR count). The summed E-state index contributed by atoms with van der Waals surface area (Å²) in [6, 6.07) is 1.79. The van der Waals surface area contributed by atoms with Gasteiger partial charge < -0.3 is 4.90 Å². The van der Waals surface area contributed by atoms with Gasteiger partial charge in [-0.2, -0.15) is 0 Å². The largest absolute Gasteiger partial charge is 0.341 e. The van der Waals surface area contributed by atoms with Crippen LogP contribution < -0.4 is 4.90 Å². The van der Waals surface area contributed by atoms with E-state index in [2.05, 4.69) is 21.8 Å². The van der Waals surface area contributed by atoms with Crippen LogP contribution in [0.1, 0.15) is 25.5 Å². The summed E-state index contributed by atoms with van der Waals surface area (Å²) >= 11 is 5.93. The Balaban J connectivity index is 2.16. The second kappa shape index (κ2) is 4.35. The van der Waals surface area contributed by atoms with Crippen molar-refractivity contribution in [1.29, 1.82) is 0 Å². The fraction of sp³-hybridized carbons (Fsp3) is 0.636. The van der Waals surface area contributed by atoms with Gasteiger partial charge in [0, 0.05) is 18.8 Å². The van der Waals surface area contributed by atoms with Crippen LogP contribution in [0.25, 0.3) is 0 Å². The van der Waals surface area contributed by atoms with Crippen LogP contribution in [-0.4, -0.2) is 23.1 Å². The van der Waals surface area contributed by atoms with E-state index >= 15 is 0 Å². The second-order valence-corrected chi connectivity index (χ2v) is 4.50. The number of hydrogen-bond donors (Lipinski definition) is 0. The van der Waals surface area contributed by atoms with E-state index < -0.39 is 0 Å². The molecule has 0 amide bonds. The van der Waals surface area contributed by atoms with Crippen molar-refractivity contribution < 1.29 is 0 Å². The zero-order valence-electron chi connectivity index (χ0n) is 9.20. The number of aryl methyl sites for hydroxylation is 1. The maximum Gasteiger partial charge on any atom is 0.226 e. The highest BCUT2D eigenvalue weighted by atomic mass is 35.5. The summed E-state index contributed by atoms with van der Waals surface area (Å²) in [5.41, 5.74) is 0.930. The van der Waals surface area contributed by atoms with E-state index in [1.165, 1.54) is 12.8 Å². The molecule has 3 nitrogen and oxygen atoms in total. The SMILES string of the molecule is CCN(CC1CC1)c1nc(C)cc(Cl)n1. The Morgan fingerprint density at radius 1 is 1.47 bits per heavy atom. The van der Waals surface area contributed by atoms with Crippen LogP contribution in [0.2, 0.25) is 5.15 Å². The van der Waals surface area contributed by atoms with Crippen molar-refractivity contribution in [2.45, 2.75) is 26.7 Å². The van der Waals surface area contributed by atoms with Gasteiger partial charge in [0.15, 0.2) is 0 Å². The van der Waals surface area contributed by atoms with Crippen molar-refractivity contribution >= 4 is 17.5 Å². The number of rotatable bonds is 4. The van der Waals surface area contributed by atoms with Crippen LogP contribution in [0.4, 0.5) is 5.95 Å². The van der Waals surface area contributed by atoms with Gasteiger partial charge in [-0.15, -0.1) is 0 Å². The van der Waals surface area contributed by atoms with Crippen LogP contribution in [0.5, 0.6) is 0 Å². The Labute approximate surface area is 95.5 Å². The Kier molecular flexibility index (Phi) is 3.10. The molecule has 1 aliphatic carbocycles. The standard InChI is InChI=1S/C11H16ClN3/c1-3-15(7-9-4-5-9)11-13-8(2)6-10(12)14-11/h6,9H,3-5,7H2,1-2H3. The molecule has 0 spiro atoms. The fourth-order valence-electron chi connectivity index (χ4n) is 1.62. The molecule has 15 heavy (non-hydrogen) atoms. The predicted molar refractivity (Wildman–Crippen MR) is 62.4 cm³/mol. The molecule has 1 aromatic rings. The molecule has 0 aliphatic heterocycles. The third-order valence-electron chi connectivity index (χ3n) is 2.65. The third kappa shape index (κ3) is 2.81. The first kappa shape index (κ1) is 10.7. The Hall–Kier alpha value is -0.830. The van der Waals surface area contributed by atoms with Gasteiger partial charge in [-0.1, -0.05) is 11.6 Å². The summed E-state index contributed by atoms with van der Waals surface area (Å²) in [6.07, 6.45) is 2.69. The van der Waals surface area contributed by atoms with Gasteiger partial charge in [0.05, 0.1) is 0 Å². The molecule has 0 saturated heterocycles. The minimum atomic E-state index is 0.534. The molecule has 82 valence electrons. The molecule has 0 atom stereocenters. The van der Waals surface area contributed by atoms with Crippen molar-refractivity contribution in [3.63, 3.8) is 0 Å². The summed E-state index contributed by atoms with van der Waals surface area (Å²) in [6.45, 7) is 6.08. The Morgan fingerprint density at radius 2 is 2.20 bits per heavy atom. The first-order chi connectivity index (χ1) is 7.19. The molecule has 0 radical (unpaired) electrons. The summed E-state index contributed by atoms with van der Waals surface area (Å²) in [4.78, 5) is 10.9. The van der Waals surface area contributed by atoms with Crippen LogP contribution >= 0.6 is 11.6 Å². The third-order valence-corrected chi connectivity index (χ3v) is 2.84.